The summed E-state index contributed by atoms with van der Waals surface area (Å²) in [5.41, 5.74) is 23.8. The van der Waals surface area contributed by atoms with E-state index in [1.54, 1.807) is 86.6 Å². The second-order valence-corrected chi connectivity index (χ2v) is 33.4. The predicted octanol–water partition coefficient (Wildman–Crippen LogP) is 33.6. The maximum absolute atomic E-state index is 9.02. The SMILES string of the molecule is [2H]C([2H])([2H])c1c[c-]c(-c2cc(C)c(C([2H])([2H])[2H])cn2)cc1.[2H]C([2H])([2H])c1c[c-]c(-c2cc(C)c(C([2H])([2H])[2H])cn2)cc1.[2H]C([2H])([2H])c1c[c-]c(-c2ccc(C([2H])([2H])[2H])cn2)cc1.[2H]C([2H])([2H])c1c[c-]c(-c2ccc(C([2H])([2H])[2H])cn2)cc1.[2H]C([2H])([2H])c1ccc(-c2cc(-c3[c-]cccc3)ncc2C([2H])([2H])[2H])cc1.[2H]C([2H])([2H])c1cnc(-c2[c-]cccc2)cc1-c1ccc(C)cc1.[2H]C([2H])([2H])c1cnc(-c2[c-]cccc2)cc1-c1ccccc1.[2H]C1(c2ccc(-c3ccnc(-c4[c-]cccc4)c3)cc2)C2CCCC1C2.[Ir].[Ir].[Ir].[Ir]. The zero-order valence-corrected chi connectivity index (χ0v) is 88.9. The molecule has 4 radical (unpaired) electrons. The molecule has 0 N–H and O–H groups in total. The van der Waals surface area contributed by atoms with Gasteiger partial charge in [-0.2, -0.15) is 0 Å². The molecule has 2 bridgehead atoms. The van der Waals surface area contributed by atoms with Crippen molar-refractivity contribution >= 4 is 0 Å². The fraction of sp³-hybridized carbons (Fsp3) is 0.164. The Morgan fingerprint density at radius 3 is 0.863 bits per heavy atom. The first-order valence-electron chi connectivity index (χ1n) is 64.1. The fourth-order valence-corrected chi connectivity index (χ4v) is 15.6. The Kier molecular flexibility index (Phi) is 27.4. The van der Waals surface area contributed by atoms with Gasteiger partial charge in [0, 0.05) is 181 Å². The Hall–Kier alpha value is -13.6. The van der Waals surface area contributed by atoms with Crippen molar-refractivity contribution in [1.82, 2.24) is 39.9 Å². The van der Waals surface area contributed by atoms with E-state index in [1.807, 2.05) is 171 Å². The first kappa shape index (κ1) is 71.1. The average Bonchev–Trinajstić information content (AvgIpc) is 0.718. The Morgan fingerprint density at radius 1 is 0.233 bits per heavy atom. The van der Waals surface area contributed by atoms with Crippen LogP contribution < -0.4 is 0 Å². The Bertz CT molecular complexity index is 8630. The van der Waals surface area contributed by atoms with Gasteiger partial charge in [0.05, 0.1) is 0 Å². The van der Waals surface area contributed by atoms with Crippen molar-refractivity contribution in [3.8, 4) is 135 Å². The standard InChI is InChI=1S/C24H22N.2C19H16N.C18H14N.2C14H14N.2C13H12N.4Ir/c1-2-5-18(6-3-1)23-16-20(13-14-25-23)17-9-11-19(12-10-17)24-21-7-4-8-22(24)15-21;2*1-14-8-10-16(11-9-14)18-12-19(20-13-15(18)2)17-6-4-3-5-7-17;1-14-13-19-18(16-10-6-3-7-11-16)12-17(14)15-8-4-2-5-9-15;2*1-10-4-6-13(7-5-10)14-8-11(2)12(3)9-15-14;2*1-10-3-6-12(7-4-10)13-8-5-11(2)9-14-13;;;;/h1-3,5,9-14,16,21-22,24H,4,7-8,15H2;2*3-6,8-13H,1-2H3;2-10,12-13H,1H3;2*4-6,8-9H,1-3H3;2*3-6,8-9H,1-2H3;;;;/q8*-1;;;;/i24D;1D3,2D3;2D3;1D3;2*1D3,3D3;2*1D3,2D3;;;;. The minimum absolute atomic E-state index is 0. The third-order valence-electron chi connectivity index (χ3n) is 23.3. The van der Waals surface area contributed by atoms with E-state index in [0.29, 0.717) is 107 Å². The molecule has 0 amide bonds. The van der Waals surface area contributed by atoms with E-state index in [2.05, 4.69) is 125 Å². The Morgan fingerprint density at radius 2 is 0.541 bits per heavy atom. The van der Waals surface area contributed by atoms with Gasteiger partial charge >= 0.3 is 0 Å². The molecule has 146 heavy (non-hydrogen) atoms. The maximum atomic E-state index is 9.02. The van der Waals surface area contributed by atoms with E-state index in [1.165, 1.54) is 153 Å². The van der Waals surface area contributed by atoms with Gasteiger partial charge in [-0.05, 0) is 253 Å². The molecule has 8 heterocycles. The number of rotatable bonds is 13. The van der Waals surface area contributed by atoms with Crippen molar-refractivity contribution in [2.45, 2.75) is 135 Å². The van der Waals surface area contributed by atoms with E-state index < -0.39 is 82.2 Å². The summed E-state index contributed by atoms with van der Waals surface area (Å²) in [5, 5.41) is 0. The summed E-state index contributed by atoms with van der Waals surface area (Å²) in [6.07, 6.45) is 16.4. The number of pyridine rings is 8. The van der Waals surface area contributed by atoms with Crippen LogP contribution in [0.2, 0.25) is 0 Å². The topological polar surface area (TPSA) is 103 Å². The third-order valence-corrected chi connectivity index (χ3v) is 23.3. The first-order valence-corrected chi connectivity index (χ1v) is 45.6. The van der Waals surface area contributed by atoms with E-state index in [9.17, 15) is 0 Å². The number of benzene rings is 12. The van der Waals surface area contributed by atoms with Crippen LogP contribution in [-0.2, 0) is 80.4 Å². The summed E-state index contributed by atoms with van der Waals surface area (Å²) in [6.45, 7) is -20.9. The van der Waals surface area contributed by atoms with Gasteiger partial charge in [0.2, 0.25) is 0 Å². The van der Waals surface area contributed by atoms with E-state index in [0.717, 1.165) is 50.2 Å². The molecule has 8 nitrogen and oxygen atoms in total. The Labute approximate surface area is 972 Å². The van der Waals surface area contributed by atoms with Crippen molar-refractivity contribution in [2.24, 2.45) is 11.8 Å². The van der Waals surface area contributed by atoms with Gasteiger partial charge in [-0.15, -0.1) is 285 Å². The number of aryl methyl sites for hydroxylation is 15. The molecule has 0 saturated heterocycles. The molecular weight excluding hydrogens is 2490 g/mol. The summed E-state index contributed by atoms with van der Waals surface area (Å²) >= 11 is 0. The second kappa shape index (κ2) is 56.2. The monoisotopic (exact) mass is 2650 g/mol. The quantitative estimate of drug-likeness (QED) is 0.105. The third kappa shape index (κ3) is 32.0. The maximum Gasteiger partial charge on any atom is 0.0358 e. The molecule has 0 spiro atoms. The molecule has 2 unspecified atom stereocenters. The summed E-state index contributed by atoms with van der Waals surface area (Å²) < 4.78 is 277. The van der Waals surface area contributed by atoms with Gasteiger partial charge in [0.25, 0.3) is 0 Å². The molecule has 2 aliphatic rings. The van der Waals surface area contributed by atoms with Gasteiger partial charge in [-0.1, -0.05) is 220 Å². The normalized spacial score (nSPS) is 17.8. The van der Waals surface area contributed by atoms with Crippen molar-refractivity contribution in [2.75, 3.05) is 0 Å². The molecule has 2 fully saturated rings. The van der Waals surface area contributed by atoms with Crippen LogP contribution in [-0.4, -0.2) is 39.9 Å². The predicted molar refractivity (Wildman–Crippen MR) is 589 cm³/mol. The molecule has 8 aromatic heterocycles. The van der Waals surface area contributed by atoms with Crippen molar-refractivity contribution in [1.29, 1.82) is 0 Å². The van der Waals surface area contributed by atoms with Gasteiger partial charge in [-0.3, -0.25) is 0 Å². The molecule has 740 valence electrons. The average molecular weight is 2650 g/mol. The van der Waals surface area contributed by atoms with Gasteiger partial charge in [0.1, 0.15) is 0 Å². The van der Waals surface area contributed by atoms with Crippen LogP contribution >= 0.6 is 0 Å². The van der Waals surface area contributed by atoms with Gasteiger partial charge in [-0.25, -0.2) is 0 Å². The molecule has 2 atom stereocenters. The Balaban J connectivity index is 0.000000194. The zero-order chi connectivity index (χ0) is 130. The molecule has 0 aliphatic heterocycles. The number of fused-ring (bicyclic) bond motifs is 2. The van der Waals surface area contributed by atoms with Crippen molar-refractivity contribution in [3.63, 3.8) is 0 Å². The van der Waals surface area contributed by atoms with Gasteiger partial charge < -0.3 is 39.9 Å². The number of hydrogen-bond acceptors (Lipinski definition) is 8. The van der Waals surface area contributed by atoms with Crippen LogP contribution in [0.25, 0.3) is 135 Å². The van der Waals surface area contributed by atoms with Crippen LogP contribution in [0.1, 0.15) is 171 Å². The smallest absolute Gasteiger partial charge is 0.0358 e. The molecule has 2 saturated carbocycles. The van der Waals surface area contributed by atoms with Gasteiger partial charge in [0.15, 0.2) is 0 Å². The molecule has 12 heteroatoms. The summed E-state index contributed by atoms with van der Waals surface area (Å²) in [4.78, 5) is 33.8. The van der Waals surface area contributed by atoms with E-state index >= 15 is 0 Å². The van der Waals surface area contributed by atoms with Crippen LogP contribution in [0.3, 0.4) is 0 Å². The number of aromatic nitrogens is 8. The first-order chi connectivity index (χ1) is 83.9. The zero-order valence-electron chi connectivity index (χ0n) is 116. The summed E-state index contributed by atoms with van der Waals surface area (Å²) in [7, 11) is 0. The number of nitrogens with zero attached hydrogens (tertiary/aromatic N) is 8. The molecule has 22 rings (SSSR count). The minimum Gasteiger partial charge on any atom is -0.305 e. The second-order valence-electron chi connectivity index (χ2n) is 33.4. The van der Waals surface area contributed by atoms with Crippen molar-refractivity contribution in [3.05, 3.63) is 527 Å². The largest absolute Gasteiger partial charge is 0.305 e. The summed E-state index contributed by atoms with van der Waals surface area (Å²) in [5.74, 6) is 0.792. The molecule has 20 aromatic rings. The summed E-state index contributed by atoms with van der Waals surface area (Å²) in [6, 6.07) is 124. The van der Waals surface area contributed by atoms with E-state index in [4.69, 9.17) is 50.7 Å². The molecule has 2 aliphatic carbocycles. The number of hydrogen-bond donors (Lipinski definition) is 0. The molecule has 12 aromatic carbocycles. The molecular formula is C134H120Ir4N8-8. The van der Waals surface area contributed by atoms with Crippen molar-refractivity contribution < 1.29 is 131 Å². The van der Waals surface area contributed by atoms with Crippen LogP contribution in [0.15, 0.2) is 389 Å². The van der Waals surface area contributed by atoms with Crippen LogP contribution in [0, 0.1) is 163 Å². The van der Waals surface area contributed by atoms with E-state index in [-0.39, 0.29) is 153 Å². The van der Waals surface area contributed by atoms with Crippen LogP contribution in [0.5, 0.6) is 0 Å². The fourth-order valence-electron chi connectivity index (χ4n) is 15.6. The van der Waals surface area contributed by atoms with Crippen LogP contribution in [0.4, 0.5) is 0 Å². The minimum atomic E-state index is -2.33.